The smallest absolute Gasteiger partial charge is 0.337 e. The third-order valence-corrected chi connectivity index (χ3v) is 4.23. The summed E-state index contributed by atoms with van der Waals surface area (Å²) in [6, 6.07) is 6.43. The first-order valence-corrected chi connectivity index (χ1v) is 8.32. The molecule has 0 bridgehead atoms. The Morgan fingerprint density at radius 3 is 2.67 bits per heavy atom. The zero-order chi connectivity index (χ0) is 15.9. The number of benzene rings is 1. The number of nitrogens with one attached hydrogen (secondary N) is 2. The highest BCUT2D eigenvalue weighted by atomic mass is 32.2. The van der Waals surface area contributed by atoms with Crippen LogP contribution in [0.15, 0.2) is 24.3 Å². The van der Waals surface area contributed by atoms with Crippen LogP contribution in [0.5, 0.6) is 0 Å². The molecule has 0 saturated heterocycles. The van der Waals surface area contributed by atoms with Crippen LogP contribution < -0.4 is 10.0 Å². The van der Waals surface area contributed by atoms with Crippen LogP contribution in [0.2, 0.25) is 0 Å². The van der Waals surface area contributed by atoms with Crippen molar-refractivity contribution in [2.24, 2.45) is 5.92 Å². The molecule has 0 radical (unpaired) electrons. The first-order chi connectivity index (χ1) is 9.88. The largest absolute Gasteiger partial charge is 0.465 e. The lowest BCUT2D eigenvalue weighted by Gasteiger charge is -2.12. The van der Waals surface area contributed by atoms with Gasteiger partial charge < -0.3 is 10.1 Å². The van der Waals surface area contributed by atoms with Gasteiger partial charge in [-0.15, -0.1) is 0 Å². The maximum absolute atomic E-state index is 12.0. The van der Waals surface area contributed by atoms with E-state index in [2.05, 4.69) is 14.8 Å². The number of rotatable bonds is 8. The number of carbonyl (C=O) groups excluding carboxylic acids is 1. The zero-order valence-electron chi connectivity index (χ0n) is 12.5. The fraction of sp³-hybridized carbons (Fsp3) is 0.500. The average molecular weight is 314 g/mol. The summed E-state index contributed by atoms with van der Waals surface area (Å²) in [6.45, 7) is 3.07. The van der Waals surface area contributed by atoms with Gasteiger partial charge in [-0.3, -0.25) is 0 Å². The normalized spacial score (nSPS) is 12.9. The lowest BCUT2D eigenvalue weighted by Crippen LogP contribution is -2.33. The van der Waals surface area contributed by atoms with Gasteiger partial charge in [-0.1, -0.05) is 19.1 Å². The third-order valence-electron chi connectivity index (χ3n) is 2.91. The van der Waals surface area contributed by atoms with Crippen molar-refractivity contribution >= 4 is 16.0 Å². The molecule has 6 nitrogen and oxygen atoms in total. The van der Waals surface area contributed by atoms with Crippen LogP contribution in [0, 0.1) is 5.92 Å². The van der Waals surface area contributed by atoms with E-state index in [4.69, 9.17) is 0 Å². The quantitative estimate of drug-likeness (QED) is 0.692. The highest BCUT2D eigenvalue weighted by Crippen LogP contribution is 2.10. The molecule has 0 aliphatic rings. The number of carbonyl (C=O) groups is 1. The second-order valence-corrected chi connectivity index (χ2v) is 6.77. The number of ether oxygens (including phenoxy) is 1. The van der Waals surface area contributed by atoms with Crippen molar-refractivity contribution in [1.82, 2.24) is 10.0 Å². The predicted molar refractivity (Wildman–Crippen MR) is 81.5 cm³/mol. The predicted octanol–water partition coefficient (Wildman–Crippen LogP) is 0.748. The van der Waals surface area contributed by atoms with E-state index in [9.17, 15) is 13.2 Å². The Kier molecular flexibility index (Phi) is 6.80. The van der Waals surface area contributed by atoms with Gasteiger partial charge in [0.25, 0.3) is 0 Å². The molecule has 0 amide bonds. The van der Waals surface area contributed by atoms with Crippen LogP contribution in [0.3, 0.4) is 0 Å². The van der Waals surface area contributed by atoms with Gasteiger partial charge in [-0.2, -0.15) is 0 Å². The minimum Gasteiger partial charge on any atom is -0.465 e. The maximum Gasteiger partial charge on any atom is 0.337 e. The average Bonchev–Trinajstić information content (AvgIpc) is 2.44. The molecule has 118 valence electrons. The lowest BCUT2D eigenvalue weighted by molar-refractivity contribution is 0.0600. The van der Waals surface area contributed by atoms with Gasteiger partial charge in [0.2, 0.25) is 10.0 Å². The van der Waals surface area contributed by atoms with Crippen LogP contribution in [0.4, 0.5) is 0 Å². The van der Waals surface area contributed by atoms with Crippen LogP contribution in [-0.4, -0.2) is 41.6 Å². The SMILES string of the molecule is CNCC(C)CNS(=O)(=O)Cc1cccc(C(=O)OC)c1. The van der Waals surface area contributed by atoms with Gasteiger partial charge in [0, 0.05) is 6.54 Å². The monoisotopic (exact) mass is 314 g/mol. The Balaban J connectivity index is 2.69. The van der Waals surface area contributed by atoms with Crippen molar-refractivity contribution in [3.63, 3.8) is 0 Å². The van der Waals surface area contributed by atoms with E-state index in [0.29, 0.717) is 17.7 Å². The molecule has 7 heteroatoms. The molecule has 0 aliphatic carbocycles. The zero-order valence-corrected chi connectivity index (χ0v) is 13.4. The molecular formula is C14H22N2O4S. The molecular weight excluding hydrogens is 292 g/mol. The summed E-state index contributed by atoms with van der Waals surface area (Å²) in [4.78, 5) is 11.4. The Bertz CT molecular complexity index is 572. The third kappa shape index (κ3) is 6.24. The van der Waals surface area contributed by atoms with E-state index < -0.39 is 16.0 Å². The summed E-state index contributed by atoms with van der Waals surface area (Å²) in [5.41, 5.74) is 0.889. The van der Waals surface area contributed by atoms with Crippen LogP contribution in [0.25, 0.3) is 0 Å². The van der Waals surface area contributed by atoms with E-state index in [1.807, 2.05) is 14.0 Å². The molecule has 1 aromatic carbocycles. The Labute approximate surface area is 125 Å². The van der Waals surface area contributed by atoms with Crippen molar-refractivity contribution in [2.75, 3.05) is 27.2 Å². The van der Waals surface area contributed by atoms with Gasteiger partial charge in [-0.25, -0.2) is 17.9 Å². The minimum atomic E-state index is -3.43. The van der Waals surface area contributed by atoms with Gasteiger partial charge in [0.1, 0.15) is 0 Å². The first kappa shape index (κ1) is 17.6. The van der Waals surface area contributed by atoms with E-state index in [-0.39, 0.29) is 11.7 Å². The van der Waals surface area contributed by atoms with Crippen LogP contribution >= 0.6 is 0 Å². The number of esters is 1. The summed E-state index contributed by atoms with van der Waals surface area (Å²) in [5.74, 6) is -0.444. The summed E-state index contributed by atoms with van der Waals surface area (Å²) >= 11 is 0. The molecule has 0 heterocycles. The van der Waals surface area contributed by atoms with Gasteiger partial charge >= 0.3 is 5.97 Å². The summed E-state index contributed by atoms with van der Waals surface area (Å²) in [7, 11) is -0.316. The minimum absolute atomic E-state index is 0.163. The summed E-state index contributed by atoms with van der Waals surface area (Å²) < 4.78 is 31.2. The highest BCUT2D eigenvalue weighted by molar-refractivity contribution is 7.88. The van der Waals surface area contributed by atoms with Gasteiger partial charge in [0.05, 0.1) is 18.4 Å². The van der Waals surface area contributed by atoms with Crippen LogP contribution in [-0.2, 0) is 20.5 Å². The fourth-order valence-electron chi connectivity index (χ4n) is 1.87. The number of hydrogen-bond donors (Lipinski definition) is 2. The molecule has 0 spiro atoms. The van der Waals surface area contributed by atoms with E-state index in [1.165, 1.54) is 13.2 Å². The van der Waals surface area contributed by atoms with Crippen LogP contribution in [0.1, 0.15) is 22.8 Å². The van der Waals surface area contributed by atoms with Crippen molar-refractivity contribution in [1.29, 1.82) is 0 Å². The van der Waals surface area contributed by atoms with Crippen molar-refractivity contribution in [3.05, 3.63) is 35.4 Å². The summed E-state index contributed by atoms with van der Waals surface area (Å²) in [5, 5.41) is 2.99. The molecule has 1 rings (SSSR count). The standard InChI is InChI=1S/C14H22N2O4S/c1-11(8-15-2)9-16-21(18,19)10-12-5-4-6-13(7-12)14(17)20-3/h4-7,11,15-16H,8-10H2,1-3H3. The lowest BCUT2D eigenvalue weighted by atomic mass is 10.1. The topological polar surface area (TPSA) is 84.5 Å². The molecule has 0 aliphatic heterocycles. The van der Waals surface area contributed by atoms with Crippen molar-refractivity contribution < 1.29 is 17.9 Å². The molecule has 2 N–H and O–H groups in total. The van der Waals surface area contributed by atoms with Gasteiger partial charge in [-0.05, 0) is 37.2 Å². The number of methoxy groups -OCH3 is 1. The number of sulfonamides is 1. The fourth-order valence-corrected chi connectivity index (χ4v) is 3.13. The molecule has 1 unspecified atom stereocenters. The Hall–Kier alpha value is -1.44. The molecule has 21 heavy (non-hydrogen) atoms. The molecule has 0 aromatic heterocycles. The Morgan fingerprint density at radius 1 is 1.33 bits per heavy atom. The molecule has 0 saturated carbocycles. The second-order valence-electron chi connectivity index (χ2n) is 4.96. The number of hydrogen-bond acceptors (Lipinski definition) is 5. The second kappa shape index (κ2) is 8.11. The molecule has 1 atom stereocenters. The van der Waals surface area contributed by atoms with Crippen molar-refractivity contribution in [3.8, 4) is 0 Å². The maximum atomic E-state index is 12.0. The van der Waals surface area contributed by atoms with E-state index in [1.54, 1.807) is 18.2 Å². The van der Waals surface area contributed by atoms with E-state index in [0.717, 1.165) is 6.54 Å². The molecule has 1 aromatic rings. The van der Waals surface area contributed by atoms with Crippen molar-refractivity contribution in [2.45, 2.75) is 12.7 Å². The van der Waals surface area contributed by atoms with E-state index >= 15 is 0 Å². The molecule has 0 fully saturated rings. The Morgan fingerprint density at radius 2 is 2.05 bits per heavy atom. The first-order valence-electron chi connectivity index (χ1n) is 6.67. The summed E-state index contributed by atoms with van der Waals surface area (Å²) in [6.07, 6.45) is 0. The van der Waals surface area contributed by atoms with Gasteiger partial charge in [0.15, 0.2) is 0 Å². The highest BCUT2D eigenvalue weighted by Gasteiger charge is 2.14.